The summed E-state index contributed by atoms with van der Waals surface area (Å²) in [5.41, 5.74) is 1.76. The van der Waals surface area contributed by atoms with Gasteiger partial charge in [0.25, 0.3) is 5.91 Å². The summed E-state index contributed by atoms with van der Waals surface area (Å²) in [6, 6.07) is 12.1. The molecule has 1 amide bonds. The first kappa shape index (κ1) is 19.6. The second-order valence-electron chi connectivity index (χ2n) is 7.45. The van der Waals surface area contributed by atoms with Crippen LogP contribution in [0, 0.1) is 5.92 Å². The Morgan fingerprint density at radius 3 is 2.86 bits per heavy atom. The molecule has 6 heteroatoms. The van der Waals surface area contributed by atoms with E-state index >= 15 is 0 Å². The monoisotopic (exact) mass is 414 g/mol. The zero-order chi connectivity index (χ0) is 19.3. The van der Waals surface area contributed by atoms with Gasteiger partial charge in [0.05, 0.1) is 4.21 Å². The van der Waals surface area contributed by atoms with Crippen LogP contribution in [0.15, 0.2) is 50.4 Å². The molecule has 3 heterocycles. The van der Waals surface area contributed by atoms with E-state index in [2.05, 4.69) is 34.7 Å². The predicted molar refractivity (Wildman–Crippen MR) is 117 cm³/mol. The number of carbonyl (C=O) groups excluding carboxylic acids is 1. The molecule has 0 radical (unpaired) electrons. The van der Waals surface area contributed by atoms with Crippen molar-refractivity contribution in [3.63, 3.8) is 0 Å². The molecule has 1 aliphatic heterocycles. The number of carbonyl (C=O) groups is 1. The highest BCUT2D eigenvalue weighted by atomic mass is 32.2. The maximum Gasteiger partial charge on any atom is 0.287 e. The number of rotatable bonds is 8. The number of amides is 1. The average molecular weight is 415 g/mol. The maximum atomic E-state index is 12.9. The van der Waals surface area contributed by atoms with Crippen molar-refractivity contribution < 1.29 is 9.21 Å². The largest absolute Gasteiger partial charge is 0.451 e. The summed E-state index contributed by atoms with van der Waals surface area (Å²) in [5, 5.41) is 6.21. The quantitative estimate of drug-likeness (QED) is 0.512. The van der Waals surface area contributed by atoms with E-state index in [4.69, 9.17) is 4.42 Å². The fraction of sp³-hybridized carbons (Fsp3) is 0.409. The van der Waals surface area contributed by atoms with Gasteiger partial charge in [0.1, 0.15) is 5.58 Å². The first-order chi connectivity index (χ1) is 13.7. The van der Waals surface area contributed by atoms with Crippen LogP contribution < -0.4 is 5.32 Å². The van der Waals surface area contributed by atoms with Crippen LogP contribution in [0.25, 0.3) is 11.0 Å². The third-order valence-corrected chi connectivity index (χ3v) is 7.30. The number of para-hydroxylation sites is 1. The molecule has 0 bridgehead atoms. The van der Waals surface area contributed by atoms with Crippen molar-refractivity contribution in [2.75, 3.05) is 26.2 Å². The Labute approximate surface area is 174 Å². The molecule has 4 rings (SSSR count). The van der Waals surface area contributed by atoms with Crippen molar-refractivity contribution in [1.29, 1.82) is 0 Å². The SMILES string of the molecule is CC(CNC(=O)c1oc2ccccc2c1CSc1cccs1)CN1CCCC1. The van der Waals surface area contributed by atoms with Gasteiger partial charge in [-0.3, -0.25) is 4.79 Å². The molecule has 1 unspecified atom stereocenters. The summed E-state index contributed by atoms with van der Waals surface area (Å²) in [6.45, 7) is 6.29. The lowest BCUT2D eigenvalue weighted by atomic mass is 10.1. The molecule has 3 aromatic rings. The van der Waals surface area contributed by atoms with Gasteiger partial charge in [-0.15, -0.1) is 23.1 Å². The first-order valence-electron chi connectivity index (χ1n) is 9.88. The topological polar surface area (TPSA) is 45.5 Å². The molecule has 1 fully saturated rings. The number of hydrogen-bond acceptors (Lipinski definition) is 5. The Morgan fingerprint density at radius 1 is 1.25 bits per heavy atom. The number of furan rings is 1. The third-order valence-electron chi connectivity index (χ3n) is 5.14. The Bertz CT molecular complexity index is 914. The maximum absolute atomic E-state index is 12.9. The van der Waals surface area contributed by atoms with Crippen LogP contribution in [-0.4, -0.2) is 37.0 Å². The molecule has 2 aromatic heterocycles. The van der Waals surface area contributed by atoms with Crippen molar-refractivity contribution in [2.45, 2.75) is 29.7 Å². The molecule has 28 heavy (non-hydrogen) atoms. The molecule has 0 spiro atoms. The summed E-state index contributed by atoms with van der Waals surface area (Å²) < 4.78 is 7.21. The lowest BCUT2D eigenvalue weighted by Crippen LogP contribution is -2.34. The van der Waals surface area contributed by atoms with Gasteiger partial charge < -0.3 is 14.6 Å². The second kappa shape index (κ2) is 9.16. The summed E-state index contributed by atoms with van der Waals surface area (Å²) in [7, 11) is 0. The van der Waals surface area contributed by atoms with Crippen LogP contribution in [0.3, 0.4) is 0 Å². The second-order valence-corrected chi connectivity index (χ2v) is 9.67. The summed E-state index contributed by atoms with van der Waals surface area (Å²) in [6.07, 6.45) is 2.59. The lowest BCUT2D eigenvalue weighted by molar-refractivity contribution is 0.0918. The van der Waals surface area contributed by atoms with Gasteiger partial charge in [-0.05, 0) is 49.4 Å². The van der Waals surface area contributed by atoms with Crippen molar-refractivity contribution >= 4 is 40.0 Å². The van der Waals surface area contributed by atoms with Gasteiger partial charge in [0, 0.05) is 29.8 Å². The molecular formula is C22H26N2O2S2. The van der Waals surface area contributed by atoms with Gasteiger partial charge >= 0.3 is 0 Å². The first-order valence-corrected chi connectivity index (χ1v) is 11.7. The highest BCUT2D eigenvalue weighted by Gasteiger charge is 2.22. The molecular weight excluding hydrogens is 388 g/mol. The zero-order valence-corrected chi connectivity index (χ0v) is 17.8. The molecule has 4 nitrogen and oxygen atoms in total. The number of benzene rings is 1. The fourth-order valence-corrected chi connectivity index (χ4v) is 5.54. The van der Waals surface area contributed by atoms with Gasteiger partial charge in [-0.1, -0.05) is 31.2 Å². The minimum atomic E-state index is -0.105. The van der Waals surface area contributed by atoms with Crippen LogP contribution in [0.5, 0.6) is 0 Å². The van der Waals surface area contributed by atoms with E-state index in [0.717, 1.165) is 28.8 Å². The molecule has 1 atom stereocenters. The normalized spacial score (nSPS) is 15.9. The lowest BCUT2D eigenvalue weighted by Gasteiger charge is -2.20. The van der Waals surface area contributed by atoms with Crippen LogP contribution >= 0.6 is 23.1 Å². The smallest absolute Gasteiger partial charge is 0.287 e. The highest BCUT2D eigenvalue weighted by molar-refractivity contribution is 8.00. The highest BCUT2D eigenvalue weighted by Crippen LogP contribution is 2.33. The Morgan fingerprint density at radius 2 is 2.07 bits per heavy atom. The van der Waals surface area contributed by atoms with Crippen molar-refractivity contribution in [3.8, 4) is 0 Å². The van der Waals surface area contributed by atoms with Crippen LogP contribution in [0.1, 0.15) is 35.9 Å². The minimum absolute atomic E-state index is 0.105. The van der Waals surface area contributed by atoms with Gasteiger partial charge in [-0.2, -0.15) is 0 Å². The van der Waals surface area contributed by atoms with E-state index in [1.54, 1.807) is 23.1 Å². The van der Waals surface area contributed by atoms with Gasteiger partial charge in [0.2, 0.25) is 0 Å². The number of thiophene rings is 1. The number of nitrogens with zero attached hydrogens (tertiary/aromatic N) is 1. The van der Waals surface area contributed by atoms with E-state index in [0.29, 0.717) is 18.2 Å². The summed E-state index contributed by atoms with van der Waals surface area (Å²) >= 11 is 3.47. The summed E-state index contributed by atoms with van der Waals surface area (Å²) in [5.74, 6) is 1.50. The third kappa shape index (κ3) is 4.62. The molecule has 1 N–H and O–H groups in total. The number of nitrogens with one attached hydrogen (secondary N) is 1. The van der Waals surface area contributed by atoms with Gasteiger partial charge in [-0.25, -0.2) is 0 Å². The number of likely N-dealkylation sites (tertiary alicyclic amines) is 1. The Kier molecular flexibility index (Phi) is 6.40. The number of fused-ring (bicyclic) bond motifs is 1. The molecule has 0 saturated carbocycles. The van der Waals surface area contributed by atoms with Crippen LogP contribution in [0.2, 0.25) is 0 Å². The Balaban J connectivity index is 1.45. The van der Waals surface area contributed by atoms with Crippen LogP contribution in [0.4, 0.5) is 0 Å². The fourth-order valence-electron chi connectivity index (χ4n) is 3.73. The van der Waals surface area contributed by atoms with E-state index in [1.807, 2.05) is 24.3 Å². The van der Waals surface area contributed by atoms with E-state index < -0.39 is 0 Å². The average Bonchev–Trinajstić information content (AvgIpc) is 3.45. The Hall–Kier alpha value is -1.76. The molecule has 1 saturated heterocycles. The van der Waals surface area contributed by atoms with Crippen molar-refractivity contribution in [1.82, 2.24) is 10.2 Å². The summed E-state index contributed by atoms with van der Waals surface area (Å²) in [4.78, 5) is 15.4. The standard InChI is InChI=1S/C22H26N2O2S2/c1-16(14-24-10-4-5-11-24)13-23-22(25)21-18(15-28-20-9-6-12-27-20)17-7-2-3-8-19(17)26-21/h2-3,6-9,12,16H,4-5,10-11,13-15H2,1H3,(H,23,25). The van der Waals surface area contributed by atoms with Gasteiger partial charge in [0.15, 0.2) is 5.76 Å². The minimum Gasteiger partial charge on any atom is -0.451 e. The van der Waals surface area contributed by atoms with E-state index in [9.17, 15) is 4.79 Å². The van der Waals surface area contributed by atoms with Crippen LogP contribution in [-0.2, 0) is 5.75 Å². The molecule has 1 aliphatic rings. The van der Waals surface area contributed by atoms with Crippen molar-refractivity contribution in [3.05, 3.63) is 53.1 Å². The van der Waals surface area contributed by atoms with E-state index in [1.165, 1.54) is 30.1 Å². The number of thioether (sulfide) groups is 1. The molecule has 0 aliphatic carbocycles. The van der Waals surface area contributed by atoms with Crippen molar-refractivity contribution in [2.24, 2.45) is 5.92 Å². The zero-order valence-electron chi connectivity index (χ0n) is 16.1. The van der Waals surface area contributed by atoms with E-state index in [-0.39, 0.29) is 5.91 Å². The molecule has 148 valence electrons. The number of hydrogen-bond donors (Lipinski definition) is 1. The molecule has 1 aromatic carbocycles. The predicted octanol–water partition coefficient (Wildman–Crippen LogP) is 5.25.